The first kappa shape index (κ1) is 12.3. The van der Waals surface area contributed by atoms with E-state index in [4.69, 9.17) is 10.5 Å². The van der Waals surface area contributed by atoms with Gasteiger partial charge in [-0.05, 0) is 12.1 Å². The average molecular weight is 242 g/mol. The molecule has 0 fully saturated rings. The number of aromatic nitrogens is 2. The van der Waals surface area contributed by atoms with Gasteiger partial charge in [0, 0.05) is 0 Å². The van der Waals surface area contributed by atoms with Gasteiger partial charge in [0.25, 0.3) is 0 Å². The summed E-state index contributed by atoms with van der Waals surface area (Å²) in [7, 11) is 0. The Morgan fingerprint density at radius 1 is 1.31 bits per heavy atom. The first-order valence-corrected chi connectivity index (χ1v) is 4.64. The zero-order valence-corrected chi connectivity index (χ0v) is 9.30. The molecule has 0 aliphatic rings. The van der Waals surface area contributed by atoms with Crippen LogP contribution in [0.2, 0.25) is 0 Å². The molecule has 2 aromatic rings. The molecule has 0 aliphatic carbocycles. The van der Waals surface area contributed by atoms with Crippen molar-refractivity contribution in [1.82, 2.24) is 5.27 Å². The molecule has 0 unspecified atom stereocenters. The maximum absolute atomic E-state index is 5.57. The summed E-state index contributed by atoms with van der Waals surface area (Å²) in [6.07, 6.45) is 1.39. The van der Waals surface area contributed by atoms with E-state index in [0.29, 0.717) is 19.0 Å². The van der Waals surface area contributed by atoms with Crippen LogP contribution in [-0.4, -0.2) is 11.9 Å². The third-order valence-electron chi connectivity index (χ3n) is 1.93. The van der Waals surface area contributed by atoms with Gasteiger partial charge in [-0.25, -0.2) is 0 Å². The Balaban J connectivity index is 0.00000128. The van der Waals surface area contributed by atoms with Crippen LogP contribution in [0.4, 0.5) is 5.82 Å². The lowest BCUT2D eigenvalue weighted by atomic mass is 10.3. The maximum atomic E-state index is 5.57. The Labute approximate surface area is 99.2 Å². The van der Waals surface area contributed by atoms with Crippen molar-refractivity contribution in [3.05, 3.63) is 36.6 Å². The van der Waals surface area contributed by atoms with Gasteiger partial charge in [0.15, 0.2) is 6.54 Å². The highest BCUT2D eigenvalue weighted by molar-refractivity contribution is 5.20. The van der Waals surface area contributed by atoms with Crippen LogP contribution >= 0.6 is 0 Å². The first-order chi connectivity index (χ1) is 7.36. The SMILES string of the molecule is Nc1con[n+]1CCOc1ccccc1.[Cl-]. The molecular weight excluding hydrogens is 230 g/mol. The van der Waals surface area contributed by atoms with Crippen molar-refractivity contribution in [3.8, 4) is 5.75 Å². The standard InChI is InChI=1S/C10H12N3O2.ClH/c11-10-8-15-12-13(10)6-7-14-9-4-2-1-3-5-9;/h1-5,8H,6-7,11H2;1H/q+1;/p-1. The van der Waals surface area contributed by atoms with Gasteiger partial charge in [0.1, 0.15) is 17.6 Å². The fourth-order valence-electron chi connectivity index (χ4n) is 1.18. The molecule has 0 atom stereocenters. The number of nitrogen functional groups attached to an aromatic ring is 1. The molecule has 2 rings (SSSR count). The van der Waals surface area contributed by atoms with E-state index < -0.39 is 0 Å². The van der Waals surface area contributed by atoms with E-state index in [1.165, 1.54) is 6.26 Å². The Morgan fingerprint density at radius 3 is 2.69 bits per heavy atom. The average Bonchev–Trinajstić information content (AvgIpc) is 2.66. The van der Waals surface area contributed by atoms with Crippen molar-refractivity contribution < 1.29 is 26.3 Å². The van der Waals surface area contributed by atoms with Crippen LogP contribution in [0.5, 0.6) is 5.75 Å². The summed E-state index contributed by atoms with van der Waals surface area (Å²) >= 11 is 0. The molecule has 0 saturated carbocycles. The van der Waals surface area contributed by atoms with Crippen LogP contribution in [-0.2, 0) is 6.54 Å². The highest BCUT2D eigenvalue weighted by Gasteiger charge is 2.08. The molecule has 0 spiro atoms. The third-order valence-corrected chi connectivity index (χ3v) is 1.93. The van der Waals surface area contributed by atoms with E-state index in [2.05, 4.69) is 9.79 Å². The minimum Gasteiger partial charge on any atom is -1.00 e. The van der Waals surface area contributed by atoms with Crippen LogP contribution < -0.4 is 27.6 Å². The van der Waals surface area contributed by atoms with Gasteiger partial charge in [-0.1, -0.05) is 22.9 Å². The largest absolute Gasteiger partial charge is 1.00 e. The molecule has 1 aromatic carbocycles. The number of ether oxygens (including phenoxy) is 1. The molecular formula is C10H12ClN3O2. The van der Waals surface area contributed by atoms with Gasteiger partial charge in [0.2, 0.25) is 6.26 Å². The van der Waals surface area contributed by atoms with Crippen LogP contribution in [0.25, 0.3) is 0 Å². The number of hydrogen-bond donors (Lipinski definition) is 1. The monoisotopic (exact) mass is 241 g/mol. The molecule has 0 aliphatic heterocycles. The van der Waals surface area contributed by atoms with E-state index in [1.807, 2.05) is 30.3 Å². The maximum Gasteiger partial charge on any atom is 0.334 e. The summed E-state index contributed by atoms with van der Waals surface area (Å²) in [5.74, 6) is 1.33. The minimum absolute atomic E-state index is 0. The summed E-state index contributed by atoms with van der Waals surface area (Å²) in [6.45, 7) is 1.07. The predicted molar refractivity (Wildman–Crippen MR) is 53.0 cm³/mol. The number of hydrogen-bond acceptors (Lipinski definition) is 4. The van der Waals surface area contributed by atoms with Crippen molar-refractivity contribution in [2.24, 2.45) is 0 Å². The normalized spacial score (nSPS) is 9.50. The number of para-hydroxylation sites is 1. The van der Waals surface area contributed by atoms with E-state index in [-0.39, 0.29) is 12.4 Å². The van der Waals surface area contributed by atoms with Gasteiger partial charge in [0.05, 0.1) is 0 Å². The molecule has 86 valence electrons. The lowest BCUT2D eigenvalue weighted by molar-refractivity contribution is -0.750. The number of nitrogens with two attached hydrogens (primary N) is 1. The van der Waals surface area contributed by atoms with Crippen LogP contribution in [0.3, 0.4) is 0 Å². The Morgan fingerprint density at radius 2 is 2.06 bits per heavy atom. The van der Waals surface area contributed by atoms with E-state index in [0.717, 1.165) is 5.75 Å². The van der Waals surface area contributed by atoms with Crippen molar-refractivity contribution >= 4 is 5.82 Å². The Bertz CT molecular complexity index is 419. The molecule has 2 N–H and O–H groups in total. The molecule has 5 nitrogen and oxygen atoms in total. The van der Waals surface area contributed by atoms with Gasteiger partial charge in [-0.2, -0.15) is 0 Å². The van der Waals surface area contributed by atoms with Crippen molar-refractivity contribution in [2.45, 2.75) is 6.54 Å². The first-order valence-electron chi connectivity index (χ1n) is 4.64. The molecule has 1 aromatic heterocycles. The number of benzene rings is 1. The topological polar surface area (TPSA) is 65.2 Å². The number of halogens is 1. The molecule has 16 heavy (non-hydrogen) atoms. The van der Waals surface area contributed by atoms with Crippen LogP contribution in [0.15, 0.2) is 41.1 Å². The Hall–Kier alpha value is -1.75. The summed E-state index contributed by atoms with van der Waals surface area (Å²) in [6, 6.07) is 9.59. The van der Waals surface area contributed by atoms with Gasteiger partial charge in [-0.15, -0.1) is 0 Å². The lowest BCUT2D eigenvalue weighted by Crippen LogP contribution is -3.00. The van der Waals surface area contributed by atoms with E-state index in [9.17, 15) is 0 Å². The molecule has 6 heteroatoms. The minimum atomic E-state index is 0. The molecule has 0 radical (unpaired) electrons. The van der Waals surface area contributed by atoms with Crippen molar-refractivity contribution in [3.63, 3.8) is 0 Å². The summed E-state index contributed by atoms with van der Waals surface area (Å²) < 4.78 is 11.7. The molecule has 0 bridgehead atoms. The smallest absolute Gasteiger partial charge is 0.334 e. The fraction of sp³-hybridized carbons (Fsp3) is 0.200. The fourth-order valence-corrected chi connectivity index (χ4v) is 1.18. The zero-order valence-electron chi connectivity index (χ0n) is 8.54. The van der Waals surface area contributed by atoms with Crippen LogP contribution in [0, 0.1) is 0 Å². The number of anilines is 1. The van der Waals surface area contributed by atoms with Crippen molar-refractivity contribution in [2.75, 3.05) is 12.3 Å². The quantitative estimate of drug-likeness (QED) is 0.608. The second-order valence-electron chi connectivity index (χ2n) is 3.01. The number of nitrogens with zero attached hydrogens (tertiary/aromatic N) is 2. The lowest BCUT2D eigenvalue weighted by Gasteiger charge is -2.02. The second-order valence-corrected chi connectivity index (χ2v) is 3.01. The highest BCUT2D eigenvalue weighted by atomic mass is 35.5. The van der Waals surface area contributed by atoms with Crippen molar-refractivity contribution in [1.29, 1.82) is 0 Å². The summed E-state index contributed by atoms with van der Waals surface area (Å²) in [4.78, 5) is 0. The second kappa shape index (κ2) is 5.97. The summed E-state index contributed by atoms with van der Waals surface area (Å²) in [5.41, 5.74) is 5.57. The molecule has 0 amide bonds. The highest BCUT2D eigenvalue weighted by Crippen LogP contribution is 2.07. The van der Waals surface area contributed by atoms with E-state index >= 15 is 0 Å². The van der Waals surface area contributed by atoms with Gasteiger partial charge >= 0.3 is 5.82 Å². The predicted octanol–water partition coefficient (Wildman–Crippen LogP) is -2.37. The Kier molecular flexibility index (Phi) is 4.60. The van der Waals surface area contributed by atoms with E-state index in [1.54, 1.807) is 4.68 Å². The molecule has 0 saturated heterocycles. The van der Waals surface area contributed by atoms with Gasteiger partial charge in [-0.3, -0.25) is 5.73 Å². The zero-order chi connectivity index (χ0) is 10.5. The number of rotatable bonds is 4. The molecule has 1 heterocycles. The third kappa shape index (κ3) is 3.13. The van der Waals surface area contributed by atoms with Crippen LogP contribution in [0.1, 0.15) is 0 Å². The van der Waals surface area contributed by atoms with Gasteiger partial charge < -0.3 is 21.7 Å². The summed E-state index contributed by atoms with van der Waals surface area (Å²) in [5, 5.41) is 3.68.